The van der Waals surface area contributed by atoms with Crippen LogP contribution in [0.3, 0.4) is 0 Å². The van der Waals surface area contributed by atoms with Crippen LogP contribution in [0, 0.1) is 0 Å². The predicted molar refractivity (Wildman–Crippen MR) is 77.7 cm³/mol. The van der Waals surface area contributed by atoms with Crippen molar-refractivity contribution in [2.24, 2.45) is 4.99 Å². The second kappa shape index (κ2) is 6.55. The van der Waals surface area contributed by atoms with Crippen LogP contribution in [0.4, 0.5) is 0 Å². The Kier molecular flexibility index (Phi) is 4.49. The number of carboxylic acid groups (broad SMARTS) is 1. The van der Waals surface area contributed by atoms with Gasteiger partial charge in [0.1, 0.15) is 12.9 Å². The van der Waals surface area contributed by atoms with Crippen LogP contribution in [0.1, 0.15) is 31.9 Å². The molecule has 0 radical (unpaired) electrons. The van der Waals surface area contributed by atoms with Crippen LogP contribution >= 0.6 is 0 Å². The SMILES string of the molecule is O=C(O)CCCN1CN=c2c(ncn2[C@H]2CC[C@@H](CO)O2)=C1O. The lowest BCUT2D eigenvalue weighted by molar-refractivity contribution is -0.137. The van der Waals surface area contributed by atoms with Crippen LogP contribution in [-0.2, 0) is 9.53 Å². The average molecular weight is 324 g/mol. The van der Waals surface area contributed by atoms with Gasteiger partial charge in [-0.3, -0.25) is 9.36 Å². The van der Waals surface area contributed by atoms with E-state index >= 15 is 0 Å². The molecule has 3 heterocycles. The maximum Gasteiger partial charge on any atom is 0.303 e. The van der Waals surface area contributed by atoms with Gasteiger partial charge in [0.15, 0.2) is 10.8 Å². The molecule has 0 saturated carbocycles. The van der Waals surface area contributed by atoms with Gasteiger partial charge in [-0.25, -0.2) is 9.98 Å². The van der Waals surface area contributed by atoms with Crippen molar-refractivity contribution in [1.82, 2.24) is 14.5 Å². The number of carbonyl (C=O) groups is 1. The third-order valence-corrected chi connectivity index (χ3v) is 4.09. The number of hydrogen-bond donors (Lipinski definition) is 3. The van der Waals surface area contributed by atoms with Gasteiger partial charge in [-0.2, -0.15) is 0 Å². The molecule has 0 amide bonds. The maximum absolute atomic E-state index is 10.6. The fourth-order valence-corrected chi connectivity index (χ4v) is 2.87. The highest BCUT2D eigenvalue weighted by Gasteiger charge is 2.28. The fraction of sp³-hybridized carbons (Fsp3) is 0.643. The van der Waals surface area contributed by atoms with Gasteiger partial charge in [0.2, 0.25) is 5.88 Å². The van der Waals surface area contributed by atoms with Crippen molar-refractivity contribution in [3.8, 4) is 0 Å². The number of imidazole rings is 1. The van der Waals surface area contributed by atoms with Crippen molar-refractivity contribution >= 4 is 11.9 Å². The molecule has 2 atom stereocenters. The first-order valence-electron chi connectivity index (χ1n) is 7.63. The largest absolute Gasteiger partial charge is 0.493 e. The molecule has 3 N–H and O–H groups in total. The minimum Gasteiger partial charge on any atom is -0.493 e. The van der Waals surface area contributed by atoms with Crippen molar-refractivity contribution in [2.45, 2.75) is 38.0 Å². The molecule has 0 unspecified atom stereocenters. The van der Waals surface area contributed by atoms with Crippen LogP contribution in [-0.4, -0.2) is 61.7 Å². The lowest BCUT2D eigenvalue weighted by atomic mass is 10.2. The number of fused-ring (bicyclic) bond motifs is 1. The van der Waals surface area contributed by atoms with Crippen LogP contribution in [0.2, 0.25) is 0 Å². The molecular formula is C14H20N4O5. The zero-order valence-electron chi connectivity index (χ0n) is 12.6. The summed E-state index contributed by atoms with van der Waals surface area (Å²) in [5, 5.41) is 28.5. The Labute approximate surface area is 132 Å². The normalized spacial score (nSPS) is 23.7. The molecule has 1 aromatic heterocycles. The van der Waals surface area contributed by atoms with Gasteiger partial charge in [-0.05, 0) is 19.3 Å². The zero-order chi connectivity index (χ0) is 16.4. The van der Waals surface area contributed by atoms with Crippen LogP contribution in [0.15, 0.2) is 11.3 Å². The van der Waals surface area contributed by atoms with Crippen molar-refractivity contribution in [3.63, 3.8) is 0 Å². The van der Waals surface area contributed by atoms with Crippen molar-refractivity contribution in [2.75, 3.05) is 19.8 Å². The number of nitrogens with zero attached hydrogens (tertiary/aromatic N) is 4. The molecule has 2 aliphatic rings. The molecule has 0 spiro atoms. The second-order valence-electron chi connectivity index (χ2n) is 5.68. The fourth-order valence-electron chi connectivity index (χ4n) is 2.87. The Bertz CT molecular complexity index is 701. The summed E-state index contributed by atoms with van der Waals surface area (Å²) in [6.07, 6.45) is 3.16. The molecule has 9 nitrogen and oxygen atoms in total. The molecule has 9 heteroatoms. The summed E-state index contributed by atoms with van der Waals surface area (Å²) in [7, 11) is 0. The Morgan fingerprint density at radius 3 is 2.96 bits per heavy atom. The lowest BCUT2D eigenvalue weighted by Crippen LogP contribution is -2.44. The summed E-state index contributed by atoms with van der Waals surface area (Å²) in [6.45, 7) is 0.639. The quantitative estimate of drug-likeness (QED) is 0.609. The maximum atomic E-state index is 10.6. The van der Waals surface area contributed by atoms with E-state index in [1.54, 1.807) is 15.8 Å². The molecule has 1 aromatic rings. The van der Waals surface area contributed by atoms with Gasteiger partial charge in [0, 0.05) is 13.0 Å². The summed E-state index contributed by atoms with van der Waals surface area (Å²) in [4.78, 5) is 20.8. The van der Waals surface area contributed by atoms with Gasteiger partial charge < -0.3 is 25.0 Å². The number of aromatic nitrogens is 2. The Morgan fingerprint density at radius 2 is 2.26 bits per heavy atom. The highest BCUT2D eigenvalue weighted by atomic mass is 16.5. The van der Waals surface area contributed by atoms with E-state index < -0.39 is 5.97 Å². The van der Waals surface area contributed by atoms with E-state index in [0.717, 1.165) is 12.8 Å². The molecule has 126 valence electrons. The monoisotopic (exact) mass is 324 g/mol. The number of aliphatic hydroxyl groups is 2. The number of ether oxygens (including phenoxy) is 1. The van der Waals surface area contributed by atoms with E-state index in [9.17, 15) is 9.90 Å². The predicted octanol–water partition coefficient (Wildman–Crippen LogP) is -1.07. The van der Waals surface area contributed by atoms with Gasteiger partial charge >= 0.3 is 5.97 Å². The number of rotatable bonds is 6. The number of carboxylic acids is 1. The standard InChI is InChI=1S/C14H20N4O5/c19-6-9-3-4-10(23-9)18-8-15-12-13(18)16-7-17(14(12)22)5-1-2-11(20)21/h8-10,19,22H,1-7H2,(H,20,21)/t9-,10+/m0/s1. The van der Waals surface area contributed by atoms with Crippen molar-refractivity contribution in [3.05, 3.63) is 17.2 Å². The average Bonchev–Trinajstić information content (AvgIpc) is 3.15. The lowest BCUT2D eigenvalue weighted by Gasteiger charge is -2.23. The minimum atomic E-state index is -0.861. The van der Waals surface area contributed by atoms with Gasteiger partial charge in [-0.1, -0.05) is 0 Å². The Morgan fingerprint density at radius 1 is 1.43 bits per heavy atom. The molecule has 23 heavy (non-hydrogen) atoms. The first-order valence-corrected chi connectivity index (χ1v) is 7.63. The first kappa shape index (κ1) is 15.8. The van der Waals surface area contributed by atoms with E-state index in [4.69, 9.17) is 14.9 Å². The van der Waals surface area contributed by atoms with Crippen LogP contribution in [0.5, 0.6) is 0 Å². The highest BCUT2D eigenvalue weighted by molar-refractivity contribution is 5.66. The summed E-state index contributed by atoms with van der Waals surface area (Å²) < 4.78 is 7.49. The third kappa shape index (κ3) is 3.15. The van der Waals surface area contributed by atoms with E-state index in [1.807, 2.05) is 0 Å². The Balaban J connectivity index is 1.78. The molecular weight excluding hydrogens is 304 g/mol. The molecule has 1 saturated heterocycles. The molecule has 0 aromatic carbocycles. The van der Waals surface area contributed by atoms with Crippen molar-refractivity contribution in [1.29, 1.82) is 0 Å². The van der Waals surface area contributed by atoms with Crippen molar-refractivity contribution < 1.29 is 24.9 Å². The molecule has 2 aliphatic heterocycles. The van der Waals surface area contributed by atoms with E-state index in [0.29, 0.717) is 23.8 Å². The molecule has 0 aliphatic carbocycles. The summed E-state index contributed by atoms with van der Waals surface area (Å²) >= 11 is 0. The topological polar surface area (TPSA) is 120 Å². The smallest absolute Gasteiger partial charge is 0.303 e. The van der Waals surface area contributed by atoms with Gasteiger partial charge in [0.05, 0.1) is 19.0 Å². The third-order valence-electron chi connectivity index (χ3n) is 4.09. The molecule has 1 fully saturated rings. The van der Waals surface area contributed by atoms with E-state index in [-0.39, 0.29) is 37.9 Å². The molecule has 3 rings (SSSR count). The van der Waals surface area contributed by atoms with Crippen LogP contribution < -0.4 is 10.8 Å². The van der Waals surface area contributed by atoms with Crippen LogP contribution in [0.25, 0.3) is 5.88 Å². The highest BCUT2D eigenvalue weighted by Crippen LogP contribution is 2.26. The van der Waals surface area contributed by atoms with Gasteiger partial charge in [0.25, 0.3) is 0 Å². The summed E-state index contributed by atoms with van der Waals surface area (Å²) in [5.74, 6) is -0.851. The zero-order valence-corrected chi connectivity index (χ0v) is 12.6. The number of aliphatic hydroxyl groups excluding tert-OH is 2. The van der Waals surface area contributed by atoms with Gasteiger partial charge in [-0.15, -0.1) is 0 Å². The second-order valence-corrected chi connectivity index (χ2v) is 5.68. The minimum absolute atomic E-state index is 0.0100. The number of aliphatic carboxylic acids is 1. The first-order chi connectivity index (χ1) is 11.1. The summed E-state index contributed by atoms with van der Waals surface area (Å²) in [5.41, 5.74) is 0.556. The Hall–Kier alpha value is -2.13. The number of hydrogen-bond acceptors (Lipinski definition) is 7. The summed E-state index contributed by atoms with van der Waals surface area (Å²) in [6, 6.07) is 0. The van der Waals surface area contributed by atoms with E-state index in [1.165, 1.54) is 0 Å². The molecule has 0 bridgehead atoms. The van der Waals surface area contributed by atoms with E-state index in [2.05, 4.69) is 9.98 Å².